The third-order valence-corrected chi connectivity index (χ3v) is 4.91. The summed E-state index contributed by atoms with van der Waals surface area (Å²) in [6.07, 6.45) is 2.47. The molecule has 20 heavy (non-hydrogen) atoms. The van der Waals surface area contributed by atoms with E-state index in [0.29, 0.717) is 23.3 Å². The van der Waals surface area contributed by atoms with Crippen LogP contribution < -0.4 is 10.1 Å². The van der Waals surface area contributed by atoms with Crippen LogP contribution in [0.15, 0.2) is 24.3 Å². The molecule has 2 nitrogen and oxygen atoms in total. The summed E-state index contributed by atoms with van der Waals surface area (Å²) in [5.41, 5.74) is 1.76. The van der Waals surface area contributed by atoms with Crippen molar-refractivity contribution in [1.29, 1.82) is 0 Å². The van der Waals surface area contributed by atoms with Crippen molar-refractivity contribution >= 4 is 0 Å². The van der Waals surface area contributed by atoms with E-state index in [1.54, 1.807) is 7.11 Å². The van der Waals surface area contributed by atoms with Gasteiger partial charge in [0.05, 0.1) is 7.11 Å². The Hall–Kier alpha value is -1.02. The maximum Gasteiger partial charge on any atom is 0.122 e. The molecule has 2 heteroatoms. The van der Waals surface area contributed by atoms with E-state index in [4.69, 9.17) is 4.74 Å². The lowest BCUT2D eigenvalue weighted by Crippen LogP contribution is -2.43. The molecule has 0 aliphatic heterocycles. The second kappa shape index (κ2) is 6.17. The molecule has 1 N–H and O–H groups in total. The highest BCUT2D eigenvalue weighted by molar-refractivity contribution is 5.37. The van der Waals surface area contributed by atoms with Crippen molar-refractivity contribution in [2.45, 2.75) is 52.5 Å². The lowest BCUT2D eigenvalue weighted by atomic mass is 9.75. The number of rotatable bonds is 5. The van der Waals surface area contributed by atoms with Crippen molar-refractivity contribution < 1.29 is 4.74 Å². The van der Waals surface area contributed by atoms with Gasteiger partial charge in [-0.1, -0.05) is 45.9 Å². The van der Waals surface area contributed by atoms with Crippen LogP contribution in [0.4, 0.5) is 0 Å². The molecule has 0 radical (unpaired) electrons. The Labute approximate surface area is 123 Å². The molecule has 0 saturated heterocycles. The zero-order valence-electron chi connectivity index (χ0n) is 13.6. The molecular formula is C18H29NO. The summed E-state index contributed by atoms with van der Waals surface area (Å²) in [4.78, 5) is 0. The largest absolute Gasteiger partial charge is 0.496 e. The van der Waals surface area contributed by atoms with E-state index in [2.05, 4.69) is 51.2 Å². The van der Waals surface area contributed by atoms with E-state index in [1.165, 1.54) is 18.4 Å². The first-order chi connectivity index (χ1) is 9.41. The molecule has 1 unspecified atom stereocenters. The lowest BCUT2D eigenvalue weighted by Gasteiger charge is -2.39. The molecule has 1 aromatic carbocycles. The fraction of sp³-hybridized carbons (Fsp3) is 0.667. The van der Waals surface area contributed by atoms with Gasteiger partial charge >= 0.3 is 0 Å². The molecule has 0 heterocycles. The minimum absolute atomic E-state index is 0.388. The summed E-state index contributed by atoms with van der Waals surface area (Å²) >= 11 is 0. The molecule has 112 valence electrons. The number of hydrogen-bond acceptors (Lipinski definition) is 2. The van der Waals surface area contributed by atoms with Crippen LogP contribution in [0.1, 0.15) is 52.0 Å². The number of hydrogen-bond donors (Lipinski definition) is 1. The van der Waals surface area contributed by atoms with Crippen molar-refractivity contribution in [3.63, 3.8) is 0 Å². The molecule has 1 fully saturated rings. The molecule has 0 spiro atoms. The zero-order chi connectivity index (χ0) is 14.8. The number of methoxy groups -OCH3 is 1. The SMILES string of the molecule is COc1ccccc1C1CC(NCC(C)C(C)(C)C)C1. The van der Waals surface area contributed by atoms with Gasteiger partial charge in [-0.05, 0) is 48.3 Å². The maximum atomic E-state index is 5.46. The Morgan fingerprint density at radius 2 is 1.90 bits per heavy atom. The first-order valence-corrected chi connectivity index (χ1v) is 7.78. The Bertz CT molecular complexity index is 429. The third-order valence-electron chi connectivity index (χ3n) is 4.91. The van der Waals surface area contributed by atoms with Gasteiger partial charge < -0.3 is 10.1 Å². The number of para-hydroxylation sites is 1. The average molecular weight is 275 g/mol. The van der Waals surface area contributed by atoms with E-state index < -0.39 is 0 Å². The second-order valence-corrected chi connectivity index (χ2v) is 7.28. The monoisotopic (exact) mass is 275 g/mol. The normalized spacial score (nSPS) is 24.1. The van der Waals surface area contributed by atoms with Gasteiger partial charge in [0, 0.05) is 6.04 Å². The Balaban J connectivity index is 1.80. The molecule has 1 atom stereocenters. The fourth-order valence-electron chi connectivity index (χ4n) is 2.69. The van der Waals surface area contributed by atoms with Gasteiger partial charge in [0.2, 0.25) is 0 Å². The van der Waals surface area contributed by atoms with Crippen molar-refractivity contribution in [2.75, 3.05) is 13.7 Å². The van der Waals surface area contributed by atoms with Crippen LogP contribution in [0.5, 0.6) is 5.75 Å². The highest BCUT2D eigenvalue weighted by atomic mass is 16.5. The molecule has 0 aromatic heterocycles. The minimum Gasteiger partial charge on any atom is -0.496 e. The molecule has 1 aromatic rings. The van der Waals surface area contributed by atoms with Gasteiger partial charge in [0.25, 0.3) is 0 Å². The summed E-state index contributed by atoms with van der Waals surface area (Å²) in [6, 6.07) is 9.10. The molecule has 0 bridgehead atoms. The average Bonchev–Trinajstić information content (AvgIpc) is 2.36. The van der Waals surface area contributed by atoms with Crippen molar-refractivity contribution in [3.8, 4) is 5.75 Å². The number of ether oxygens (including phenoxy) is 1. The smallest absolute Gasteiger partial charge is 0.122 e. The van der Waals surface area contributed by atoms with Crippen LogP contribution in [0.2, 0.25) is 0 Å². The minimum atomic E-state index is 0.388. The van der Waals surface area contributed by atoms with Crippen molar-refractivity contribution in [3.05, 3.63) is 29.8 Å². The van der Waals surface area contributed by atoms with Gasteiger partial charge in [-0.25, -0.2) is 0 Å². The topological polar surface area (TPSA) is 21.3 Å². The fourth-order valence-corrected chi connectivity index (χ4v) is 2.69. The van der Waals surface area contributed by atoms with E-state index in [-0.39, 0.29) is 0 Å². The van der Waals surface area contributed by atoms with Crippen molar-refractivity contribution in [2.24, 2.45) is 11.3 Å². The van der Waals surface area contributed by atoms with Gasteiger partial charge in [-0.2, -0.15) is 0 Å². The van der Waals surface area contributed by atoms with Crippen LogP contribution in [-0.4, -0.2) is 19.7 Å². The maximum absolute atomic E-state index is 5.46. The highest BCUT2D eigenvalue weighted by Gasteiger charge is 2.32. The highest BCUT2D eigenvalue weighted by Crippen LogP contribution is 2.41. The molecular weight excluding hydrogens is 246 g/mol. The standard InChI is InChI=1S/C18H29NO/c1-13(18(2,3)4)12-19-15-10-14(11-15)16-8-6-7-9-17(16)20-5/h6-9,13-15,19H,10-12H2,1-5H3. The second-order valence-electron chi connectivity index (χ2n) is 7.28. The van der Waals surface area contributed by atoms with Gasteiger partial charge in [-0.3, -0.25) is 0 Å². The predicted molar refractivity (Wildman–Crippen MR) is 85.4 cm³/mol. The summed E-state index contributed by atoms with van der Waals surface area (Å²) in [5, 5.41) is 3.72. The summed E-state index contributed by atoms with van der Waals surface area (Å²) < 4.78 is 5.46. The van der Waals surface area contributed by atoms with Crippen LogP contribution in [0.3, 0.4) is 0 Å². The molecule has 0 amide bonds. The predicted octanol–water partition coefficient (Wildman–Crippen LogP) is 4.21. The quantitative estimate of drug-likeness (QED) is 0.869. The Kier molecular flexibility index (Phi) is 4.74. The van der Waals surface area contributed by atoms with Crippen LogP contribution in [0.25, 0.3) is 0 Å². The third kappa shape index (κ3) is 3.54. The van der Waals surface area contributed by atoms with E-state index in [1.807, 2.05) is 6.07 Å². The Morgan fingerprint density at radius 1 is 1.25 bits per heavy atom. The van der Waals surface area contributed by atoms with Crippen LogP contribution in [0, 0.1) is 11.3 Å². The van der Waals surface area contributed by atoms with Crippen molar-refractivity contribution in [1.82, 2.24) is 5.32 Å². The molecule has 1 aliphatic rings. The molecule has 1 saturated carbocycles. The first kappa shape index (κ1) is 15.4. The van der Waals surface area contributed by atoms with E-state index in [9.17, 15) is 0 Å². The van der Waals surface area contributed by atoms with E-state index in [0.717, 1.165) is 12.3 Å². The zero-order valence-corrected chi connectivity index (χ0v) is 13.6. The summed E-state index contributed by atoms with van der Waals surface area (Å²) in [5.74, 6) is 2.40. The molecule has 1 aliphatic carbocycles. The number of nitrogens with one attached hydrogen (secondary N) is 1. The van der Waals surface area contributed by atoms with Crippen LogP contribution >= 0.6 is 0 Å². The molecule has 2 rings (SSSR count). The summed E-state index contributed by atoms with van der Waals surface area (Å²) in [6.45, 7) is 10.4. The van der Waals surface area contributed by atoms with E-state index >= 15 is 0 Å². The van der Waals surface area contributed by atoms with Crippen LogP contribution in [-0.2, 0) is 0 Å². The Morgan fingerprint density at radius 3 is 2.50 bits per heavy atom. The summed E-state index contributed by atoms with van der Waals surface area (Å²) in [7, 11) is 1.76. The van der Waals surface area contributed by atoms with Gasteiger partial charge in [0.1, 0.15) is 5.75 Å². The number of benzene rings is 1. The van der Waals surface area contributed by atoms with Gasteiger partial charge in [0.15, 0.2) is 0 Å². The first-order valence-electron chi connectivity index (χ1n) is 7.78. The van der Waals surface area contributed by atoms with Gasteiger partial charge in [-0.15, -0.1) is 0 Å². The lowest BCUT2D eigenvalue weighted by molar-refractivity contribution is 0.214.